The van der Waals surface area contributed by atoms with Gasteiger partial charge in [0.25, 0.3) is 0 Å². The number of imidazole rings is 1. The molecule has 1 aromatic heterocycles. The van der Waals surface area contributed by atoms with E-state index < -0.39 is 10.0 Å². The van der Waals surface area contributed by atoms with Crippen molar-refractivity contribution in [2.24, 2.45) is 0 Å². The maximum Gasteiger partial charge on any atom is 0.237 e. The van der Waals surface area contributed by atoms with Crippen molar-refractivity contribution < 1.29 is 13.2 Å². The normalized spacial score (nSPS) is 11.4. The Bertz CT molecular complexity index is 953. The summed E-state index contributed by atoms with van der Waals surface area (Å²) in [6, 6.07) is 14.8. The minimum atomic E-state index is -3.43. The number of rotatable bonds is 5. The second-order valence-electron chi connectivity index (χ2n) is 5.23. The lowest BCUT2D eigenvalue weighted by Crippen LogP contribution is -2.10. The number of halogens is 1. The Kier molecular flexibility index (Phi) is 4.59. The van der Waals surface area contributed by atoms with Gasteiger partial charge in [0, 0.05) is 18.0 Å². The summed E-state index contributed by atoms with van der Waals surface area (Å²) in [5.74, 6) is 0.843. The molecule has 0 saturated carbocycles. The monoisotopic (exact) mass is 362 g/mol. The number of aromatic nitrogens is 2. The number of ether oxygens (including phenoxy) is 1. The van der Waals surface area contributed by atoms with Crippen molar-refractivity contribution in [1.29, 1.82) is 0 Å². The molecule has 0 atom stereocenters. The largest absolute Gasteiger partial charge is 0.487 e. The molecule has 0 N–H and O–H groups in total. The molecule has 0 saturated heterocycles. The fraction of sp³-hybridized carbons (Fsp3) is 0.118. The van der Waals surface area contributed by atoms with Crippen LogP contribution < -0.4 is 4.74 Å². The Morgan fingerprint density at radius 2 is 1.92 bits per heavy atom. The quantitative estimate of drug-likeness (QED) is 0.695. The molecule has 7 heteroatoms. The van der Waals surface area contributed by atoms with Crippen molar-refractivity contribution in [2.75, 3.05) is 6.26 Å². The van der Waals surface area contributed by atoms with E-state index in [1.54, 1.807) is 18.2 Å². The summed E-state index contributed by atoms with van der Waals surface area (Å²) in [6.45, 7) is 0.401. The molecular weight excluding hydrogens is 348 g/mol. The smallest absolute Gasteiger partial charge is 0.237 e. The van der Waals surface area contributed by atoms with Crippen LogP contribution in [0.3, 0.4) is 0 Å². The SMILES string of the molecule is CS(=O)(=O)n1ccnc1-c1ccc(OCc2ccccc2)c(Cl)c1. The summed E-state index contributed by atoms with van der Waals surface area (Å²) in [5, 5.41) is 0.395. The highest BCUT2D eigenvalue weighted by Gasteiger charge is 2.15. The lowest BCUT2D eigenvalue weighted by Gasteiger charge is -2.10. The van der Waals surface area contributed by atoms with Crippen LogP contribution in [0.5, 0.6) is 5.75 Å². The van der Waals surface area contributed by atoms with Crippen LogP contribution in [0, 0.1) is 0 Å². The molecule has 0 aliphatic heterocycles. The summed E-state index contributed by atoms with van der Waals surface area (Å²) in [5.41, 5.74) is 1.63. The highest BCUT2D eigenvalue weighted by Crippen LogP contribution is 2.30. The summed E-state index contributed by atoms with van der Waals surface area (Å²) >= 11 is 6.27. The minimum Gasteiger partial charge on any atom is -0.487 e. The Balaban J connectivity index is 1.84. The van der Waals surface area contributed by atoms with Crippen LogP contribution in [0.4, 0.5) is 0 Å². The van der Waals surface area contributed by atoms with Gasteiger partial charge in [0.15, 0.2) is 5.82 Å². The zero-order valence-electron chi connectivity index (χ0n) is 12.9. The van der Waals surface area contributed by atoms with Crippen LogP contribution in [0.15, 0.2) is 60.9 Å². The average Bonchev–Trinajstić information content (AvgIpc) is 3.04. The number of nitrogens with zero attached hydrogens (tertiary/aromatic N) is 2. The lowest BCUT2D eigenvalue weighted by atomic mass is 10.2. The summed E-state index contributed by atoms with van der Waals surface area (Å²) in [4.78, 5) is 4.10. The van der Waals surface area contributed by atoms with Gasteiger partial charge in [-0.1, -0.05) is 41.9 Å². The van der Waals surface area contributed by atoms with E-state index in [0.717, 1.165) is 15.8 Å². The maximum atomic E-state index is 11.8. The van der Waals surface area contributed by atoms with Gasteiger partial charge in [0.2, 0.25) is 10.0 Å². The van der Waals surface area contributed by atoms with E-state index in [-0.39, 0.29) is 0 Å². The highest BCUT2D eigenvalue weighted by atomic mass is 35.5. The molecule has 0 unspecified atom stereocenters. The van der Waals surface area contributed by atoms with E-state index in [0.29, 0.717) is 28.8 Å². The molecular formula is C17H15ClN2O3S. The van der Waals surface area contributed by atoms with E-state index in [1.165, 1.54) is 12.4 Å². The fourth-order valence-electron chi connectivity index (χ4n) is 2.25. The molecule has 3 aromatic rings. The molecule has 124 valence electrons. The molecule has 1 heterocycles. The zero-order chi connectivity index (χ0) is 17.2. The van der Waals surface area contributed by atoms with E-state index in [1.807, 2.05) is 30.3 Å². The van der Waals surface area contributed by atoms with Crippen molar-refractivity contribution in [3.05, 3.63) is 71.5 Å². The van der Waals surface area contributed by atoms with Crippen LogP contribution in [0.1, 0.15) is 5.56 Å². The number of hydrogen-bond donors (Lipinski definition) is 0. The van der Waals surface area contributed by atoms with Gasteiger partial charge >= 0.3 is 0 Å². The first-order valence-electron chi connectivity index (χ1n) is 7.16. The van der Waals surface area contributed by atoms with Crippen LogP contribution in [0.2, 0.25) is 5.02 Å². The van der Waals surface area contributed by atoms with Gasteiger partial charge in [-0.05, 0) is 23.8 Å². The molecule has 0 spiro atoms. The minimum absolute atomic E-state index is 0.314. The first-order valence-corrected chi connectivity index (χ1v) is 9.38. The first kappa shape index (κ1) is 16.5. The molecule has 3 rings (SSSR count). The Morgan fingerprint density at radius 1 is 1.17 bits per heavy atom. The highest BCUT2D eigenvalue weighted by molar-refractivity contribution is 7.89. The van der Waals surface area contributed by atoms with Gasteiger partial charge in [-0.3, -0.25) is 0 Å². The van der Waals surface area contributed by atoms with Crippen molar-refractivity contribution >= 4 is 21.6 Å². The van der Waals surface area contributed by atoms with Gasteiger partial charge in [-0.2, -0.15) is 0 Å². The molecule has 0 aliphatic carbocycles. The molecule has 0 aliphatic rings. The third-order valence-corrected chi connectivity index (χ3v) is 4.70. The van der Waals surface area contributed by atoms with Gasteiger partial charge in [0.05, 0.1) is 11.3 Å². The van der Waals surface area contributed by atoms with Crippen molar-refractivity contribution in [3.63, 3.8) is 0 Å². The fourth-order valence-corrected chi connectivity index (χ4v) is 3.23. The van der Waals surface area contributed by atoms with Crippen LogP contribution in [-0.2, 0) is 16.6 Å². The summed E-state index contributed by atoms with van der Waals surface area (Å²) < 4.78 is 30.4. The van der Waals surface area contributed by atoms with Crippen LogP contribution in [-0.4, -0.2) is 23.6 Å². The van der Waals surface area contributed by atoms with Crippen molar-refractivity contribution in [1.82, 2.24) is 8.96 Å². The second-order valence-corrected chi connectivity index (χ2v) is 7.50. The Labute approximate surface area is 145 Å². The molecule has 2 aromatic carbocycles. The molecule has 24 heavy (non-hydrogen) atoms. The van der Waals surface area contributed by atoms with Gasteiger partial charge in [-0.15, -0.1) is 0 Å². The molecule has 0 amide bonds. The molecule has 0 radical (unpaired) electrons. The zero-order valence-corrected chi connectivity index (χ0v) is 14.5. The van der Waals surface area contributed by atoms with Gasteiger partial charge in [-0.25, -0.2) is 17.4 Å². The lowest BCUT2D eigenvalue weighted by molar-refractivity contribution is 0.306. The van der Waals surface area contributed by atoms with Crippen molar-refractivity contribution in [3.8, 4) is 17.1 Å². The van der Waals surface area contributed by atoms with E-state index in [4.69, 9.17) is 16.3 Å². The molecule has 0 fully saturated rings. The first-order chi connectivity index (χ1) is 11.4. The maximum absolute atomic E-state index is 11.8. The number of hydrogen-bond acceptors (Lipinski definition) is 4. The standard InChI is InChI=1S/C17H15ClN2O3S/c1-24(21,22)20-10-9-19-17(20)14-7-8-16(15(18)11-14)23-12-13-5-3-2-4-6-13/h2-11H,12H2,1H3. The Hall–Kier alpha value is -2.31. The molecule has 0 bridgehead atoms. The predicted molar refractivity (Wildman–Crippen MR) is 93.7 cm³/mol. The summed E-state index contributed by atoms with van der Waals surface area (Å²) in [6.07, 6.45) is 3.96. The average molecular weight is 363 g/mol. The Morgan fingerprint density at radius 3 is 2.58 bits per heavy atom. The third kappa shape index (κ3) is 3.60. The topological polar surface area (TPSA) is 61.2 Å². The van der Waals surface area contributed by atoms with Crippen LogP contribution in [0.25, 0.3) is 11.4 Å². The second kappa shape index (κ2) is 6.67. The van der Waals surface area contributed by atoms with E-state index in [2.05, 4.69) is 4.98 Å². The number of benzene rings is 2. The van der Waals surface area contributed by atoms with E-state index in [9.17, 15) is 8.42 Å². The van der Waals surface area contributed by atoms with Gasteiger partial charge < -0.3 is 4.74 Å². The van der Waals surface area contributed by atoms with Crippen LogP contribution >= 0.6 is 11.6 Å². The van der Waals surface area contributed by atoms with Crippen molar-refractivity contribution in [2.45, 2.75) is 6.61 Å². The predicted octanol–water partition coefficient (Wildman–Crippen LogP) is 3.59. The summed E-state index contributed by atoms with van der Waals surface area (Å²) in [7, 11) is -3.43. The molecule has 5 nitrogen and oxygen atoms in total. The van der Waals surface area contributed by atoms with E-state index >= 15 is 0 Å². The third-order valence-electron chi connectivity index (χ3n) is 3.39. The van der Waals surface area contributed by atoms with Gasteiger partial charge in [0.1, 0.15) is 12.4 Å².